The number of nitrogens with two attached hydrogens (primary N) is 1. The third-order valence-electron chi connectivity index (χ3n) is 2.56. The quantitative estimate of drug-likeness (QED) is 0.631. The summed E-state index contributed by atoms with van der Waals surface area (Å²) < 4.78 is 38.9. The maximum absolute atomic E-state index is 13.3. The zero-order chi connectivity index (χ0) is 12.1. The Morgan fingerprint density at radius 3 is 2.24 bits per heavy atom. The summed E-state index contributed by atoms with van der Waals surface area (Å²) in [7, 11) is 0. The molecular formula is C12H17ClF3N. The lowest BCUT2D eigenvalue weighted by Crippen LogP contribution is -2.13. The van der Waals surface area contributed by atoms with E-state index in [1.807, 2.05) is 6.92 Å². The summed E-state index contributed by atoms with van der Waals surface area (Å²) in [5.74, 6) is -3.01. The van der Waals surface area contributed by atoms with Crippen molar-refractivity contribution in [3.05, 3.63) is 35.1 Å². The Morgan fingerprint density at radius 1 is 1.06 bits per heavy atom. The van der Waals surface area contributed by atoms with Crippen molar-refractivity contribution in [2.75, 3.05) is 0 Å². The number of hydrogen-bond donors (Lipinski definition) is 1. The molecule has 1 aromatic rings. The van der Waals surface area contributed by atoms with Gasteiger partial charge < -0.3 is 5.73 Å². The Bertz CT molecular complexity index is 358. The molecule has 98 valence electrons. The molecule has 1 atom stereocenters. The molecule has 0 unspecified atom stereocenters. The highest BCUT2D eigenvalue weighted by molar-refractivity contribution is 5.85. The van der Waals surface area contributed by atoms with E-state index in [-0.39, 0.29) is 18.0 Å². The molecule has 0 aliphatic carbocycles. The largest absolute Gasteiger partial charge is 0.324 e. The molecule has 2 N–H and O–H groups in total. The first-order chi connectivity index (χ1) is 7.56. The lowest BCUT2D eigenvalue weighted by atomic mass is 10.0. The fourth-order valence-electron chi connectivity index (χ4n) is 1.59. The van der Waals surface area contributed by atoms with Gasteiger partial charge in [0, 0.05) is 17.7 Å². The molecular weight excluding hydrogens is 251 g/mol. The van der Waals surface area contributed by atoms with E-state index < -0.39 is 23.5 Å². The minimum atomic E-state index is -1.18. The summed E-state index contributed by atoms with van der Waals surface area (Å²) in [6, 6.07) is 0.827. The second kappa shape index (κ2) is 7.56. The van der Waals surface area contributed by atoms with Crippen LogP contribution in [0.4, 0.5) is 13.2 Å². The van der Waals surface area contributed by atoms with Crippen LogP contribution in [0, 0.1) is 17.5 Å². The highest BCUT2D eigenvalue weighted by Crippen LogP contribution is 2.22. The molecule has 0 aromatic heterocycles. The highest BCUT2D eigenvalue weighted by Gasteiger charge is 2.15. The normalized spacial score (nSPS) is 12.1. The van der Waals surface area contributed by atoms with Crippen molar-refractivity contribution < 1.29 is 13.2 Å². The van der Waals surface area contributed by atoms with E-state index in [0.29, 0.717) is 12.5 Å². The molecule has 1 aromatic carbocycles. The monoisotopic (exact) mass is 267 g/mol. The summed E-state index contributed by atoms with van der Waals surface area (Å²) in [4.78, 5) is 0. The Hall–Kier alpha value is -0.740. The maximum atomic E-state index is 13.3. The second-order valence-corrected chi connectivity index (χ2v) is 3.89. The van der Waals surface area contributed by atoms with Crippen LogP contribution in [0.2, 0.25) is 0 Å². The topological polar surface area (TPSA) is 26.0 Å². The maximum Gasteiger partial charge on any atom is 0.161 e. The van der Waals surface area contributed by atoms with Crippen molar-refractivity contribution in [2.45, 2.75) is 38.6 Å². The van der Waals surface area contributed by atoms with Crippen molar-refractivity contribution in [3.63, 3.8) is 0 Å². The summed E-state index contributed by atoms with van der Waals surface area (Å²) in [6.45, 7) is 2.05. The third kappa shape index (κ3) is 4.56. The van der Waals surface area contributed by atoms with Crippen LogP contribution in [0.5, 0.6) is 0 Å². The zero-order valence-corrected chi connectivity index (χ0v) is 10.5. The van der Waals surface area contributed by atoms with Gasteiger partial charge in [-0.2, -0.15) is 0 Å². The van der Waals surface area contributed by atoms with Crippen LogP contribution in [-0.4, -0.2) is 0 Å². The van der Waals surface area contributed by atoms with Gasteiger partial charge in [-0.3, -0.25) is 0 Å². The van der Waals surface area contributed by atoms with Crippen LogP contribution in [0.1, 0.15) is 44.2 Å². The Morgan fingerprint density at radius 2 is 1.65 bits per heavy atom. The van der Waals surface area contributed by atoms with E-state index in [0.717, 1.165) is 25.3 Å². The van der Waals surface area contributed by atoms with Crippen molar-refractivity contribution in [1.82, 2.24) is 0 Å². The molecule has 0 saturated carbocycles. The van der Waals surface area contributed by atoms with Crippen molar-refractivity contribution >= 4 is 12.4 Å². The molecule has 0 spiro atoms. The summed E-state index contributed by atoms with van der Waals surface area (Å²) in [5.41, 5.74) is 5.78. The Balaban J connectivity index is 0.00000256. The molecule has 1 nitrogen and oxygen atoms in total. The van der Waals surface area contributed by atoms with Gasteiger partial charge in [0.25, 0.3) is 0 Å². The van der Waals surface area contributed by atoms with E-state index >= 15 is 0 Å². The van der Waals surface area contributed by atoms with Gasteiger partial charge in [0.05, 0.1) is 0 Å². The number of halogens is 4. The molecule has 0 fully saturated rings. The fraction of sp³-hybridized carbons (Fsp3) is 0.500. The van der Waals surface area contributed by atoms with Gasteiger partial charge >= 0.3 is 0 Å². The first-order valence-corrected chi connectivity index (χ1v) is 5.46. The lowest BCUT2D eigenvalue weighted by Gasteiger charge is -2.13. The minimum Gasteiger partial charge on any atom is -0.324 e. The summed E-state index contributed by atoms with van der Waals surface area (Å²) in [6.07, 6.45) is 3.47. The van der Waals surface area contributed by atoms with Crippen LogP contribution in [-0.2, 0) is 0 Å². The first kappa shape index (κ1) is 16.3. The Kier molecular flexibility index (Phi) is 7.23. The molecule has 0 aliphatic heterocycles. The zero-order valence-electron chi connectivity index (χ0n) is 9.68. The predicted molar refractivity (Wildman–Crippen MR) is 64.6 cm³/mol. The number of benzene rings is 1. The van der Waals surface area contributed by atoms with Crippen LogP contribution in [0.15, 0.2) is 12.1 Å². The van der Waals surface area contributed by atoms with E-state index in [4.69, 9.17) is 5.73 Å². The van der Waals surface area contributed by atoms with Gasteiger partial charge in [-0.15, -0.1) is 12.4 Å². The van der Waals surface area contributed by atoms with Crippen LogP contribution < -0.4 is 5.73 Å². The second-order valence-electron chi connectivity index (χ2n) is 3.89. The average molecular weight is 268 g/mol. The average Bonchev–Trinajstić information content (AvgIpc) is 2.23. The lowest BCUT2D eigenvalue weighted by molar-refractivity contribution is 0.478. The fourth-order valence-corrected chi connectivity index (χ4v) is 1.59. The van der Waals surface area contributed by atoms with Gasteiger partial charge in [-0.05, 0) is 12.5 Å². The molecule has 0 amide bonds. The minimum absolute atomic E-state index is 0. The van der Waals surface area contributed by atoms with Gasteiger partial charge in [-0.1, -0.05) is 26.2 Å². The van der Waals surface area contributed by atoms with E-state index in [2.05, 4.69) is 0 Å². The smallest absolute Gasteiger partial charge is 0.161 e. The number of hydrogen-bond acceptors (Lipinski definition) is 1. The Labute approximate surface area is 106 Å². The van der Waals surface area contributed by atoms with Crippen molar-refractivity contribution in [3.8, 4) is 0 Å². The van der Waals surface area contributed by atoms with Gasteiger partial charge in [0.15, 0.2) is 11.6 Å². The molecule has 0 heterocycles. The van der Waals surface area contributed by atoms with Gasteiger partial charge in [0.2, 0.25) is 0 Å². The van der Waals surface area contributed by atoms with E-state index in [1.54, 1.807) is 0 Å². The van der Waals surface area contributed by atoms with Gasteiger partial charge in [0.1, 0.15) is 5.82 Å². The molecule has 17 heavy (non-hydrogen) atoms. The SMILES string of the molecule is CCCCC[C@@H](N)c1cc(F)c(F)cc1F.Cl. The standard InChI is InChI=1S/C12H16F3N.ClH/c1-2-3-4-5-12(16)8-6-10(14)11(15)7-9(8)13;/h6-7,12H,2-5,16H2,1H3;1H/t12-;/m1./s1. The van der Waals surface area contributed by atoms with Crippen LogP contribution in [0.25, 0.3) is 0 Å². The molecule has 1 rings (SSSR count). The molecule has 0 saturated heterocycles. The number of unbranched alkanes of at least 4 members (excludes halogenated alkanes) is 2. The van der Waals surface area contributed by atoms with Crippen LogP contribution in [0.3, 0.4) is 0 Å². The molecule has 5 heteroatoms. The van der Waals surface area contributed by atoms with Crippen molar-refractivity contribution in [1.29, 1.82) is 0 Å². The number of rotatable bonds is 5. The van der Waals surface area contributed by atoms with Gasteiger partial charge in [-0.25, -0.2) is 13.2 Å². The van der Waals surface area contributed by atoms with Crippen LogP contribution >= 0.6 is 12.4 Å². The first-order valence-electron chi connectivity index (χ1n) is 5.46. The van der Waals surface area contributed by atoms with Crippen molar-refractivity contribution in [2.24, 2.45) is 5.73 Å². The third-order valence-corrected chi connectivity index (χ3v) is 2.56. The molecule has 0 bridgehead atoms. The predicted octanol–water partition coefficient (Wildman–Crippen LogP) is 4.11. The summed E-state index contributed by atoms with van der Waals surface area (Å²) >= 11 is 0. The van der Waals surface area contributed by atoms with E-state index in [9.17, 15) is 13.2 Å². The highest BCUT2D eigenvalue weighted by atomic mass is 35.5. The van der Waals surface area contributed by atoms with E-state index in [1.165, 1.54) is 0 Å². The molecule has 0 aliphatic rings. The summed E-state index contributed by atoms with van der Waals surface area (Å²) in [5, 5.41) is 0. The molecule has 0 radical (unpaired) electrons.